The number of aliphatic hydroxyl groups excluding tert-OH is 4. The van der Waals surface area contributed by atoms with Crippen molar-refractivity contribution in [3.63, 3.8) is 0 Å². The number of phenolic OH excluding ortho intramolecular Hbond substituents is 1. The number of rotatable bonds is 5. The molecule has 1 spiro atoms. The molecule has 2 fully saturated rings. The van der Waals surface area contributed by atoms with Crippen LogP contribution >= 0.6 is 0 Å². The lowest BCUT2D eigenvalue weighted by Crippen LogP contribution is -2.59. The van der Waals surface area contributed by atoms with Gasteiger partial charge >= 0.3 is 0 Å². The van der Waals surface area contributed by atoms with Gasteiger partial charge in [-0.1, -0.05) is 108 Å². The molecule has 15 nitrogen and oxygen atoms in total. The maximum Gasteiger partial charge on any atom is 0.243 e. The van der Waals surface area contributed by atoms with Crippen LogP contribution in [0.1, 0.15) is 124 Å². The Morgan fingerprint density at radius 2 is 1.71 bits per heavy atom. The molecule has 1 amide bonds. The predicted molar refractivity (Wildman–Crippen MR) is 302 cm³/mol. The van der Waals surface area contributed by atoms with Crippen molar-refractivity contribution in [3.8, 4) is 17.6 Å². The van der Waals surface area contributed by atoms with Crippen LogP contribution in [0.4, 0.5) is 0 Å². The molecular weight excluding hydrogens is 985 g/mol. The summed E-state index contributed by atoms with van der Waals surface area (Å²) in [5.74, 6) is 3.56. The number of aliphatic imine (C=N–C) groups is 1. The van der Waals surface area contributed by atoms with Crippen molar-refractivity contribution in [1.82, 2.24) is 10.6 Å². The molecule has 2 bridgehead atoms. The number of ether oxygens (including phenoxy) is 1. The topological polar surface area (TPSA) is 279 Å². The number of ketones is 1. The fourth-order valence-corrected chi connectivity index (χ4v) is 13.2. The third kappa shape index (κ3) is 12.9. The summed E-state index contributed by atoms with van der Waals surface area (Å²) in [6, 6.07) is 19.0. The van der Waals surface area contributed by atoms with Gasteiger partial charge in [0.25, 0.3) is 0 Å². The summed E-state index contributed by atoms with van der Waals surface area (Å²) in [5.41, 5.74) is 23.9. The highest BCUT2D eigenvalue weighted by Crippen LogP contribution is 2.63. The Morgan fingerprint density at radius 1 is 0.962 bits per heavy atom. The highest BCUT2D eigenvalue weighted by molar-refractivity contribution is 5.98. The lowest BCUT2D eigenvalue weighted by Gasteiger charge is -2.56. The van der Waals surface area contributed by atoms with Crippen molar-refractivity contribution < 1.29 is 45.0 Å². The zero-order valence-corrected chi connectivity index (χ0v) is 45.3. The van der Waals surface area contributed by atoms with Crippen molar-refractivity contribution >= 4 is 17.6 Å². The summed E-state index contributed by atoms with van der Waals surface area (Å²) in [6.45, 7) is 10.1. The molecule has 8 rings (SSSR count). The van der Waals surface area contributed by atoms with Crippen LogP contribution < -0.4 is 27.8 Å². The average molecular weight is 1070 g/mol. The maximum atomic E-state index is 15.1. The minimum Gasteiger partial charge on any atom is -0.508 e. The average Bonchev–Trinajstić information content (AvgIpc) is 3.91. The number of nitrogens with two attached hydrogens (primary N) is 3. The third-order valence-electron chi connectivity index (χ3n) is 17.6. The fraction of sp³-hybridized carbons (Fsp3) is 0.476. The summed E-state index contributed by atoms with van der Waals surface area (Å²) in [4.78, 5) is 33.7. The van der Waals surface area contributed by atoms with Gasteiger partial charge in [0.15, 0.2) is 11.7 Å². The molecule has 0 saturated heterocycles. The molecule has 3 aromatic carbocycles. The number of aromatic hydroxyl groups is 1. The minimum atomic E-state index is -1.39. The molecule has 0 aromatic heterocycles. The summed E-state index contributed by atoms with van der Waals surface area (Å²) in [5, 5.41) is 78.0. The number of fused-ring (bicyclic) bond motifs is 4. The fourth-order valence-electron chi connectivity index (χ4n) is 13.2. The SMILES string of the molecule is C=C1/C=C/C=C(\[C@H]2CC[C@@]3([C@@H]4CC[C@H](O)Cc5cccc(c5)C[C@H]([C@H](CN=C(N)N)c5ccc(O)cc5)[C@H](O)CN[C@H]5C(=O)N[C@@H](N)c6cccc(c65)CC(=O)C(C)=C4CC[C@@]3(C)O)[C@@H]2O)COCC#CC/C(C)=C/C[C@@H]1O. The molecule has 3 aromatic rings. The molecule has 416 valence electrons. The first-order valence-corrected chi connectivity index (χ1v) is 27.5. The second-order valence-corrected chi connectivity index (χ2v) is 22.6. The molecule has 15 heteroatoms. The number of phenols is 1. The van der Waals surface area contributed by atoms with Gasteiger partial charge in [0.2, 0.25) is 5.91 Å². The zero-order valence-electron chi connectivity index (χ0n) is 45.3. The monoisotopic (exact) mass is 1060 g/mol. The van der Waals surface area contributed by atoms with E-state index >= 15 is 4.79 Å². The molecule has 78 heavy (non-hydrogen) atoms. The standard InChI is InChI=1S/C63H80N6O9/c1-37-10-5-6-29-78-36-44(15-7-11-38(2)53(72)24-17-37)48-26-28-63(58(48)75)52-23-22-46(71)31-40-12-8-13-41(30-40)32-50(51(34-68-61(65)66)42-18-20-45(70)21-19-42)55(74)35-67-57-56-43(14-9-16-49(56)59(64)69-60(57)76)33-54(73)39(3)47(52)25-27-62(63,4)77/h7-9,11-21,30,46,48,50-53,55,57-59,67,70-72,74-75,77H,2,10,22-29,31-36,64H2,1,3-4H3,(H,69,76)(H4,65,66,68)/b11-7+,37-17+,44-15-,47-39?/t46-,48+,50+,51+,52+,53-,55+,57+,58+,59+,62+,63+/m0/s1. The minimum absolute atomic E-state index is 0.0616. The number of guanidine groups is 1. The van der Waals surface area contributed by atoms with Crippen molar-refractivity contribution in [2.24, 2.45) is 45.4 Å². The van der Waals surface area contributed by atoms with Gasteiger partial charge in [-0.05, 0) is 153 Å². The van der Waals surface area contributed by atoms with Crippen LogP contribution in [0.5, 0.6) is 5.75 Å². The highest BCUT2D eigenvalue weighted by atomic mass is 16.5. The number of Topliss-reactive ketones (excluding diaryl/α,β-unsaturated/α-hetero) is 1. The van der Waals surface area contributed by atoms with Crippen molar-refractivity contribution in [3.05, 3.63) is 159 Å². The molecule has 12 atom stereocenters. The Balaban J connectivity index is 1.20. The van der Waals surface area contributed by atoms with Gasteiger partial charge in [0.1, 0.15) is 24.6 Å². The highest BCUT2D eigenvalue weighted by Gasteiger charge is 2.64. The molecule has 3 aliphatic heterocycles. The third-order valence-corrected chi connectivity index (χ3v) is 17.6. The van der Waals surface area contributed by atoms with E-state index in [2.05, 4.69) is 34.0 Å². The first-order valence-electron chi connectivity index (χ1n) is 27.5. The smallest absolute Gasteiger partial charge is 0.243 e. The summed E-state index contributed by atoms with van der Waals surface area (Å²) in [7, 11) is 0. The Hall–Kier alpha value is -6.19. The quantitative estimate of drug-likeness (QED) is 0.0645. The lowest BCUT2D eigenvalue weighted by molar-refractivity contribution is -0.168. The second-order valence-electron chi connectivity index (χ2n) is 22.6. The van der Waals surface area contributed by atoms with E-state index in [1.165, 1.54) is 0 Å². The lowest BCUT2D eigenvalue weighted by atomic mass is 9.52. The van der Waals surface area contributed by atoms with Crippen molar-refractivity contribution in [2.75, 3.05) is 26.3 Å². The second kappa shape index (κ2) is 25.3. The largest absolute Gasteiger partial charge is 0.508 e. The number of hydrogen-bond donors (Lipinski definition) is 11. The van der Waals surface area contributed by atoms with Gasteiger partial charge in [0, 0.05) is 43.2 Å². The maximum absolute atomic E-state index is 15.1. The number of nitrogens with zero attached hydrogens (tertiary/aromatic N) is 1. The van der Waals surface area contributed by atoms with Crippen LogP contribution in [-0.4, -0.2) is 105 Å². The van der Waals surface area contributed by atoms with Crippen LogP contribution in [0.3, 0.4) is 0 Å². The van der Waals surface area contributed by atoms with Gasteiger partial charge in [-0.15, -0.1) is 0 Å². The Morgan fingerprint density at radius 3 is 2.46 bits per heavy atom. The molecule has 2 saturated carbocycles. The number of β-amino-alcohol motifs (C(OH)–C–C–N with tert-alkyl or cyclic N) is 1. The van der Waals surface area contributed by atoms with Crippen LogP contribution in [0.15, 0.2) is 130 Å². The molecule has 2 aliphatic carbocycles. The number of allylic oxidation sites excluding steroid dienone is 5. The van der Waals surface area contributed by atoms with Crippen LogP contribution in [0.25, 0.3) is 0 Å². The number of carbonyl (C=O) groups is 2. The molecular formula is C63H80N6O9. The van der Waals surface area contributed by atoms with E-state index < -0.39 is 77.2 Å². The number of hydrogen-bond acceptors (Lipinski definition) is 12. The van der Waals surface area contributed by atoms with Crippen molar-refractivity contribution in [2.45, 2.75) is 140 Å². The van der Waals surface area contributed by atoms with Crippen LogP contribution in [0.2, 0.25) is 0 Å². The number of nitrogens with one attached hydrogen (secondary N) is 2. The van der Waals surface area contributed by atoms with E-state index in [0.717, 1.165) is 33.4 Å². The normalized spacial score (nSPS) is 32.9. The van der Waals surface area contributed by atoms with Gasteiger partial charge in [-0.3, -0.25) is 19.9 Å². The number of benzene rings is 3. The van der Waals surface area contributed by atoms with E-state index in [0.29, 0.717) is 72.8 Å². The molecule has 5 aliphatic rings. The predicted octanol–water partition coefficient (Wildman–Crippen LogP) is 5.59. The summed E-state index contributed by atoms with van der Waals surface area (Å²) < 4.78 is 6.17. The summed E-state index contributed by atoms with van der Waals surface area (Å²) >= 11 is 0. The van der Waals surface area contributed by atoms with E-state index in [9.17, 15) is 35.4 Å². The molecule has 14 N–H and O–H groups in total. The number of aliphatic hydroxyl groups is 5. The summed E-state index contributed by atoms with van der Waals surface area (Å²) in [6.07, 6.45) is 6.47. The Bertz CT molecular complexity index is 2910. The Kier molecular flexibility index (Phi) is 18.8. The molecule has 0 unspecified atom stereocenters. The van der Waals surface area contributed by atoms with Crippen molar-refractivity contribution in [1.29, 1.82) is 0 Å². The van der Waals surface area contributed by atoms with E-state index in [1.807, 2.05) is 74.5 Å². The van der Waals surface area contributed by atoms with Gasteiger partial charge < -0.3 is 57.9 Å². The Labute approximate surface area is 459 Å². The molecule has 3 heterocycles. The van der Waals surface area contributed by atoms with E-state index in [-0.39, 0.29) is 69.5 Å². The van der Waals surface area contributed by atoms with Gasteiger partial charge in [-0.25, -0.2) is 0 Å². The van der Waals surface area contributed by atoms with E-state index in [1.54, 1.807) is 37.3 Å². The van der Waals surface area contributed by atoms with Gasteiger partial charge in [-0.2, -0.15) is 0 Å². The van der Waals surface area contributed by atoms with E-state index in [4.69, 9.17) is 21.9 Å². The first kappa shape index (κ1) is 58.0. The first-order chi connectivity index (χ1) is 37.3. The number of amides is 1. The molecule has 0 radical (unpaired) electrons. The zero-order chi connectivity index (χ0) is 55.9. The number of carbonyl (C=O) groups excluding carboxylic acids is 2. The van der Waals surface area contributed by atoms with Gasteiger partial charge in [0.05, 0.1) is 36.6 Å². The van der Waals surface area contributed by atoms with Crippen LogP contribution in [-0.2, 0) is 33.6 Å². The van der Waals surface area contributed by atoms with Crippen LogP contribution in [0, 0.1) is 35.0 Å².